The van der Waals surface area contributed by atoms with E-state index in [1.165, 1.54) is 5.57 Å². The van der Waals surface area contributed by atoms with E-state index in [-0.39, 0.29) is 0 Å². The van der Waals surface area contributed by atoms with Gasteiger partial charge >= 0.3 is 0 Å². The van der Waals surface area contributed by atoms with E-state index in [1.54, 1.807) is 0 Å². The van der Waals surface area contributed by atoms with Crippen molar-refractivity contribution >= 4 is 0 Å². The summed E-state index contributed by atoms with van der Waals surface area (Å²) < 4.78 is 0. The monoisotopic (exact) mass is 129 g/mol. The summed E-state index contributed by atoms with van der Waals surface area (Å²) in [6.07, 6.45) is 2.06. The maximum Gasteiger partial charge on any atom is 0.0654 e. The van der Waals surface area contributed by atoms with E-state index in [0.29, 0.717) is 0 Å². The van der Waals surface area contributed by atoms with Gasteiger partial charge in [0.15, 0.2) is 0 Å². The molecule has 0 bridgehead atoms. The molecule has 0 aliphatic carbocycles. The van der Waals surface area contributed by atoms with Gasteiger partial charge in [0, 0.05) is 6.54 Å². The van der Waals surface area contributed by atoms with Gasteiger partial charge in [0.2, 0.25) is 0 Å². The van der Waals surface area contributed by atoms with Gasteiger partial charge in [-0.15, -0.1) is 0 Å². The number of hydrogen-bond acceptors (Lipinski definition) is 2. The minimum Gasteiger partial charge on any atom is -0.302 e. The van der Waals surface area contributed by atoms with E-state index in [2.05, 4.69) is 18.5 Å². The molecule has 2 nitrogen and oxygen atoms in total. The van der Waals surface area contributed by atoms with Crippen molar-refractivity contribution in [2.75, 3.05) is 13.2 Å². The summed E-state index contributed by atoms with van der Waals surface area (Å²) in [5, 5.41) is 0. The van der Waals surface area contributed by atoms with Crippen LogP contribution in [0.4, 0.5) is 0 Å². The van der Waals surface area contributed by atoms with Crippen LogP contribution in [-0.2, 0) is 4.84 Å². The van der Waals surface area contributed by atoms with Crippen molar-refractivity contribution in [1.82, 2.24) is 5.48 Å². The second-order valence-electron chi connectivity index (χ2n) is 1.89. The molecule has 0 aliphatic heterocycles. The third kappa shape index (κ3) is 5.53. The minimum absolute atomic E-state index is 0.719. The standard InChI is InChI=1S/C7H15NO/c1-4-7(3)6-8-9-5-2/h4,8H,5-6H2,1-3H3. The quantitative estimate of drug-likeness (QED) is 0.353. The molecular weight excluding hydrogens is 114 g/mol. The zero-order valence-electron chi connectivity index (χ0n) is 6.40. The van der Waals surface area contributed by atoms with Crippen molar-refractivity contribution in [1.29, 1.82) is 0 Å². The SMILES string of the molecule is CC=C(C)CNOCC. The van der Waals surface area contributed by atoms with Gasteiger partial charge in [-0.1, -0.05) is 11.6 Å². The maximum absolute atomic E-state index is 4.92. The first-order chi connectivity index (χ1) is 4.31. The van der Waals surface area contributed by atoms with Crippen LogP contribution in [0.5, 0.6) is 0 Å². The number of allylic oxidation sites excluding steroid dienone is 1. The average Bonchev–Trinajstić information content (AvgIpc) is 1.89. The van der Waals surface area contributed by atoms with Crippen molar-refractivity contribution < 1.29 is 4.84 Å². The summed E-state index contributed by atoms with van der Waals surface area (Å²) in [7, 11) is 0. The smallest absolute Gasteiger partial charge is 0.0654 e. The van der Waals surface area contributed by atoms with Gasteiger partial charge in [-0.3, -0.25) is 0 Å². The summed E-state index contributed by atoms with van der Waals surface area (Å²) in [6, 6.07) is 0. The number of hydroxylamine groups is 1. The molecule has 0 amide bonds. The third-order valence-electron chi connectivity index (χ3n) is 1.09. The summed E-state index contributed by atoms with van der Waals surface area (Å²) in [6.45, 7) is 7.58. The first-order valence-electron chi connectivity index (χ1n) is 3.27. The molecule has 0 rings (SSSR count). The largest absolute Gasteiger partial charge is 0.302 e. The molecule has 0 aromatic rings. The Balaban J connectivity index is 3.07. The molecule has 0 atom stereocenters. The highest BCUT2D eigenvalue weighted by atomic mass is 16.6. The van der Waals surface area contributed by atoms with E-state index >= 15 is 0 Å². The summed E-state index contributed by atoms with van der Waals surface area (Å²) in [5.41, 5.74) is 4.11. The van der Waals surface area contributed by atoms with Crippen LogP contribution in [0, 0.1) is 0 Å². The zero-order valence-corrected chi connectivity index (χ0v) is 6.40. The summed E-state index contributed by atoms with van der Waals surface area (Å²) in [5.74, 6) is 0. The molecule has 0 fully saturated rings. The van der Waals surface area contributed by atoms with Gasteiger partial charge in [-0.25, -0.2) is 0 Å². The third-order valence-corrected chi connectivity index (χ3v) is 1.09. The van der Waals surface area contributed by atoms with Crippen molar-refractivity contribution in [2.45, 2.75) is 20.8 Å². The van der Waals surface area contributed by atoms with E-state index in [9.17, 15) is 0 Å². The van der Waals surface area contributed by atoms with Crippen molar-refractivity contribution in [3.8, 4) is 0 Å². The molecule has 0 radical (unpaired) electrons. The lowest BCUT2D eigenvalue weighted by Crippen LogP contribution is -2.16. The molecule has 9 heavy (non-hydrogen) atoms. The van der Waals surface area contributed by atoms with Crippen molar-refractivity contribution in [3.63, 3.8) is 0 Å². The van der Waals surface area contributed by atoms with Crippen LogP contribution in [-0.4, -0.2) is 13.2 Å². The number of hydrogen-bond donors (Lipinski definition) is 1. The molecule has 0 spiro atoms. The Kier molecular flexibility index (Phi) is 5.57. The predicted molar refractivity (Wildman–Crippen MR) is 39.1 cm³/mol. The molecular formula is C7H15NO. The minimum atomic E-state index is 0.719. The highest BCUT2D eigenvalue weighted by molar-refractivity contribution is 4.96. The maximum atomic E-state index is 4.92. The molecule has 0 aromatic heterocycles. The first-order valence-corrected chi connectivity index (χ1v) is 3.27. The Hall–Kier alpha value is -0.340. The van der Waals surface area contributed by atoms with Gasteiger partial charge < -0.3 is 4.84 Å². The first kappa shape index (κ1) is 8.66. The van der Waals surface area contributed by atoms with Crippen LogP contribution in [0.25, 0.3) is 0 Å². The van der Waals surface area contributed by atoms with Crippen LogP contribution >= 0.6 is 0 Å². The highest BCUT2D eigenvalue weighted by Gasteiger charge is 1.84. The molecule has 0 saturated heterocycles. The van der Waals surface area contributed by atoms with Crippen LogP contribution in [0.15, 0.2) is 11.6 Å². The molecule has 1 N–H and O–H groups in total. The molecule has 0 saturated carbocycles. The fraction of sp³-hybridized carbons (Fsp3) is 0.714. The van der Waals surface area contributed by atoms with Gasteiger partial charge in [0.1, 0.15) is 0 Å². The summed E-state index contributed by atoms with van der Waals surface area (Å²) >= 11 is 0. The number of rotatable bonds is 4. The van der Waals surface area contributed by atoms with Crippen LogP contribution in [0.3, 0.4) is 0 Å². The molecule has 2 heteroatoms. The highest BCUT2D eigenvalue weighted by Crippen LogP contribution is 1.86. The van der Waals surface area contributed by atoms with Gasteiger partial charge in [-0.05, 0) is 20.8 Å². The van der Waals surface area contributed by atoms with Crippen molar-refractivity contribution in [3.05, 3.63) is 11.6 Å². The van der Waals surface area contributed by atoms with E-state index in [0.717, 1.165) is 13.2 Å². The van der Waals surface area contributed by atoms with Crippen LogP contribution < -0.4 is 5.48 Å². The molecule has 0 unspecified atom stereocenters. The zero-order chi connectivity index (χ0) is 7.11. The Morgan fingerprint density at radius 3 is 2.78 bits per heavy atom. The predicted octanol–water partition coefficient (Wildman–Crippen LogP) is 1.49. The lowest BCUT2D eigenvalue weighted by Gasteiger charge is -2.01. The molecule has 0 aromatic carbocycles. The normalized spacial score (nSPS) is 12.1. The molecule has 0 heterocycles. The van der Waals surface area contributed by atoms with Crippen LogP contribution in [0.1, 0.15) is 20.8 Å². The second-order valence-corrected chi connectivity index (χ2v) is 1.89. The number of nitrogens with one attached hydrogen (secondary N) is 1. The van der Waals surface area contributed by atoms with E-state index in [4.69, 9.17) is 4.84 Å². The Morgan fingerprint density at radius 1 is 1.67 bits per heavy atom. The topological polar surface area (TPSA) is 21.3 Å². The van der Waals surface area contributed by atoms with E-state index < -0.39 is 0 Å². The fourth-order valence-corrected chi connectivity index (χ4v) is 0.369. The fourth-order valence-electron chi connectivity index (χ4n) is 0.369. The molecule has 54 valence electrons. The van der Waals surface area contributed by atoms with Crippen molar-refractivity contribution in [2.24, 2.45) is 0 Å². The Bertz CT molecular complexity index is 88.9. The lowest BCUT2D eigenvalue weighted by atomic mass is 10.3. The van der Waals surface area contributed by atoms with Crippen LogP contribution in [0.2, 0.25) is 0 Å². The Labute approximate surface area is 56.9 Å². The second kappa shape index (κ2) is 5.79. The average molecular weight is 129 g/mol. The molecule has 0 aliphatic rings. The lowest BCUT2D eigenvalue weighted by molar-refractivity contribution is 0.0571. The summed E-state index contributed by atoms with van der Waals surface area (Å²) in [4.78, 5) is 4.92. The van der Waals surface area contributed by atoms with Gasteiger partial charge in [-0.2, -0.15) is 5.48 Å². The van der Waals surface area contributed by atoms with Gasteiger partial charge in [0.25, 0.3) is 0 Å². The van der Waals surface area contributed by atoms with E-state index in [1.807, 2.05) is 13.8 Å². The Morgan fingerprint density at radius 2 is 2.33 bits per heavy atom. The van der Waals surface area contributed by atoms with Gasteiger partial charge in [0.05, 0.1) is 6.61 Å².